The number of amides is 1. The van der Waals surface area contributed by atoms with E-state index in [1.165, 1.54) is 11.3 Å². The highest BCUT2D eigenvalue weighted by atomic mass is 32.1. The number of thiazole rings is 1. The van der Waals surface area contributed by atoms with Crippen molar-refractivity contribution in [3.05, 3.63) is 36.4 Å². The maximum absolute atomic E-state index is 13.2. The third-order valence-electron chi connectivity index (χ3n) is 4.61. The van der Waals surface area contributed by atoms with Crippen LogP contribution in [-0.4, -0.2) is 58.6 Å². The number of fused-ring (bicyclic) bond motifs is 1. The molecule has 8 heteroatoms. The normalized spacial score (nSPS) is 11.3. The maximum Gasteiger partial charge on any atom is 0.296 e. The molecule has 0 aliphatic heterocycles. The summed E-state index contributed by atoms with van der Waals surface area (Å²) in [4.78, 5) is 26.1. The van der Waals surface area contributed by atoms with Crippen molar-refractivity contribution in [3.63, 3.8) is 0 Å². The van der Waals surface area contributed by atoms with Gasteiger partial charge in [-0.2, -0.15) is 0 Å². The molecule has 0 bridgehead atoms. The Balaban J connectivity index is 1.95. The molecule has 0 saturated heterocycles. The average molecular weight is 388 g/mol. The van der Waals surface area contributed by atoms with E-state index in [0.717, 1.165) is 35.6 Å². The summed E-state index contributed by atoms with van der Waals surface area (Å²) in [5.74, 6) is 1.05. The summed E-state index contributed by atoms with van der Waals surface area (Å²) in [5, 5.41) is 0.679. The van der Waals surface area contributed by atoms with Gasteiger partial charge in [0.25, 0.3) is 5.91 Å². The first-order valence-corrected chi connectivity index (χ1v) is 9.85. The third-order valence-corrected chi connectivity index (χ3v) is 5.65. The van der Waals surface area contributed by atoms with Gasteiger partial charge in [-0.15, -0.1) is 0 Å². The van der Waals surface area contributed by atoms with E-state index in [2.05, 4.69) is 23.7 Å². The molecule has 0 spiro atoms. The summed E-state index contributed by atoms with van der Waals surface area (Å²) in [6.07, 6.45) is 3.41. The van der Waals surface area contributed by atoms with Gasteiger partial charge in [0.1, 0.15) is 5.75 Å². The number of hydrogen-bond acceptors (Lipinski definition) is 6. The maximum atomic E-state index is 13.2. The molecule has 3 aromatic rings. The van der Waals surface area contributed by atoms with E-state index >= 15 is 0 Å². The number of aromatic nitrogens is 3. The van der Waals surface area contributed by atoms with Crippen molar-refractivity contribution in [2.75, 3.05) is 38.2 Å². The highest BCUT2D eigenvalue weighted by Gasteiger charge is 2.24. The summed E-state index contributed by atoms with van der Waals surface area (Å²) in [7, 11) is 3.47. The van der Waals surface area contributed by atoms with Crippen LogP contribution in [0.4, 0.5) is 5.13 Å². The molecular formula is C19H25N5O2S. The first-order valence-electron chi connectivity index (χ1n) is 9.03. The molecule has 0 atom stereocenters. The number of benzene rings is 1. The molecule has 1 aromatic carbocycles. The van der Waals surface area contributed by atoms with Gasteiger partial charge < -0.3 is 14.2 Å². The smallest absolute Gasteiger partial charge is 0.296 e. The number of nitrogens with zero attached hydrogens (tertiary/aromatic N) is 5. The lowest BCUT2D eigenvalue weighted by molar-refractivity contribution is 0.0971. The fraction of sp³-hybridized carbons (Fsp3) is 0.421. The third kappa shape index (κ3) is 4.12. The molecule has 0 N–H and O–H groups in total. The molecule has 0 unspecified atom stereocenters. The van der Waals surface area contributed by atoms with Gasteiger partial charge >= 0.3 is 0 Å². The van der Waals surface area contributed by atoms with E-state index in [4.69, 9.17) is 9.72 Å². The summed E-state index contributed by atoms with van der Waals surface area (Å²) in [5.41, 5.74) is 0.858. The standard InChI is InChI=1S/C19H25N5O2S/c1-5-23(6-2)11-12-24(18(25)17-20-9-10-22(17)3)19-21-15-8-7-14(26-4)13-16(15)27-19/h7-10,13H,5-6,11-12H2,1-4H3. The lowest BCUT2D eigenvalue weighted by Crippen LogP contribution is -2.39. The number of imidazole rings is 1. The van der Waals surface area contributed by atoms with Crippen molar-refractivity contribution < 1.29 is 9.53 Å². The topological polar surface area (TPSA) is 63.5 Å². The number of anilines is 1. The molecule has 7 nitrogen and oxygen atoms in total. The highest BCUT2D eigenvalue weighted by Crippen LogP contribution is 2.32. The van der Waals surface area contributed by atoms with Gasteiger partial charge in [0.2, 0.25) is 0 Å². The SMILES string of the molecule is CCN(CC)CCN(C(=O)c1nccn1C)c1nc2ccc(OC)cc2s1. The lowest BCUT2D eigenvalue weighted by Gasteiger charge is -2.24. The largest absolute Gasteiger partial charge is 0.497 e. The highest BCUT2D eigenvalue weighted by molar-refractivity contribution is 7.22. The quantitative estimate of drug-likeness (QED) is 0.594. The summed E-state index contributed by atoms with van der Waals surface area (Å²) in [6, 6.07) is 5.75. The van der Waals surface area contributed by atoms with Crippen molar-refractivity contribution in [2.45, 2.75) is 13.8 Å². The van der Waals surface area contributed by atoms with Gasteiger partial charge in [-0.3, -0.25) is 9.69 Å². The van der Waals surface area contributed by atoms with Gasteiger partial charge in [0.15, 0.2) is 11.0 Å². The number of rotatable bonds is 8. The summed E-state index contributed by atoms with van der Waals surface area (Å²) in [6.45, 7) is 7.47. The fourth-order valence-corrected chi connectivity index (χ4v) is 3.91. The number of likely N-dealkylation sites (N-methyl/N-ethyl adjacent to an activating group) is 1. The van der Waals surface area contributed by atoms with Gasteiger partial charge in [0.05, 0.1) is 17.3 Å². The van der Waals surface area contributed by atoms with Crippen LogP contribution in [-0.2, 0) is 7.05 Å². The van der Waals surface area contributed by atoms with Crippen LogP contribution in [0.1, 0.15) is 24.5 Å². The second kappa shape index (κ2) is 8.49. The first-order chi connectivity index (χ1) is 13.1. The molecular weight excluding hydrogens is 362 g/mol. The molecule has 144 valence electrons. The van der Waals surface area contributed by atoms with Crippen molar-refractivity contribution in [2.24, 2.45) is 7.05 Å². The Morgan fingerprint density at radius 1 is 1.26 bits per heavy atom. The van der Waals surface area contributed by atoms with Crippen LogP contribution in [0.25, 0.3) is 10.2 Å². The lowest BCUT2D eigenvalue weighted by atomic mass is 10.3. The van der Waals surface area contributed by atoms with Crippen LogP contribution >= 0.6 is 11.3 Å². The average Bonchev–Trinajstić information content (AvgIpc) is 3.30. The predicted octanol–water partition coefficient (Wildman–Crippen LogP) is 3.03. The van der Waals surface area contributed by atoms with E-state index in [-0.39, 0.29) is 5.91 Å². The van der Waals surface area contributed by atoms with Crippen molar-refractivity contribution >= 4 is 32.6 Å². The van der Waals surface area contributed by atoms with Crippen LogP contribution < -0.4 is 9.64 Å². The Labute approximate surface area is 163 Å². The fourth-order valence-electron chi connectivity index (χ4n) is 2.89. The number of carbonyl (C=O) groups excluding carboxylic acids is 1. The molecule has 0 saturated carbocycles. The predicted molar refractivity (Wildman–Crippen MR) is 109 cm³/mol. The van der Waals surface area contributed by atoms with Crippen LogP contribution in [0, 0.1) is 0 Å². The monoisotopic (exact) mass is 387 g/mol. The molecule has 2 heterocycles. The van der Waals surface area contributed by atoms with E-state index in [0.29, 0.717) is 17.5 Å². The van der Waals surface area contributed by atoms with E-state index in [1.54, 1.807) is 29.0 Å². The molecule has 0 aliphatic rings. The summed E-state index contributed by atoms with van der Waals surface area (Å²) >= 11 is 1.49. The van der Waals surface area contributed by atoms with E-state index in [9.17, 15) is 4.79 Å². The van der Waals surface area contributed by atoms with Gasteiger partial charge in [-0.25, -0.2) is 9.97 Å². The molecule has 0 radical (unpaired) electrons. The van der Waals surface area contributed by atoms with Gasteiger partial charge in [-0.05, 0) is 31.3 Å². The van der Waals surface area contributed by atoms with Crippen LogP contribution in [0.3, 0.4) is 0 Å². The summed E-state index contributed by atoms with van der Waals surface area (Å²) < 4.78 is 8.03. The van der Waals surface area contributed by atoms with Crippen molar-refractivity contribution in [1.82, 2.24) is 19.4 Å². The zero-order valence-electron chi connectivity index (χ0n) is 16.2. The molecule has 0 fully saturated rings. The van der Waals surface area contributed by atoms with E-state index in [1.807, 2.05) is 25.2 Å². The minimum absolute atomic E-state index is 0.138. The first kappa shape index (κ1) is 19.3. The Morgan fingerprint density at radius 2 is 2.04 bits per heavy atom. The van der Waals surface area contributed by atoms with Crippen LogP contribution in [0.15, 0.2) is 30.6 Å². The molecule has 1 amide bonds. The molecule has 0 aliphatic carbocycles. The number of methoxy groups -OCH3 is 1. The second-order valence-corrected chi connectivity index (χ2v) is 7.18. The Morgan fingerprint density at radius 3 is 2.67 bits per heavy atom. The zero-order valence-corrected chi connectivity index (χ0v) is 17.0. The minimum Gasteiger partial charge on any atom is -0.497 e. The van der Waals surface area contributed by atoms with Crippen LogP contribution in [0.2, 0.25) is 0 Å². The Bertz CT molecular complexity index is 916. The van der Waals surface area contributed by atoms with Crippen molar-refractivity contribution in [3.8, 4) is 5.75 Å². The minimum atomic E-state index is -0.138. The molecule has 2 aromatic heterocycles. The van der Waals surface area contributed by atoms with Gasteiger partial charge in [-0.1, -0.05) is 25.2 Å². The number of carbonyl (C=O) groups is 1. The number of hydrogen-bond donors (Lipinski definition) is 0. The van der Waals surface area contributed by atoms with Gasteiger partial charge in [0, 0.05) is 32.5 Å². The second-order valence-electron chi connectivity index (χ2n) is 6.18. The molecule has 27 heavy (non-hydrogen) atoms. The molecule has 3 rings (SSSR count). The Kier molecular flexibility index (Phi) is 6.08. The van der Waals surface area contributed by atoms with E-state index < -0.39 is 0 Å². The Hall–Kier alpha value is -2.45. The number of ether oxygens (including phenoxy) is 1. The van der Waals surface area contributed by atoms with Crippen molar-refractivity contribution in [1.29, 1.82) is 0 Å². The number of aryl methyl sites for hydroxylation is 1. The van der Waals surface area contributed by atoms with Crippen LogP contribution in [0.5, 0.6) is 5.75 Å². The zero-order chi connectivity index (χ0) is 19.4.